The number of guanidine groups is 1. The SMILES string of the molecule is CCN(CC)S(=O)(=O)CCNC(=NC)NCc1ccccn1. The summed E-state index contributed by atoms with van der Waals surface area (Å²) < 4.78 is 25.6. The number of pyridine rings is 1. The van der Waals surface area contributed by atoms with Crippen molar-refractivity contribution in [2.24, 2.45) is 4.99 Å². The molecular formula is C14H25N5O2S. The number of nitrogens with zero attached hydrogens (tertiary/aromatic N) is 3. The van der Waals surface area contributed by atoms with Crippen molar-refractivity contribution in [3.8, 4) is 0 Å². The van der Waals surface area contributed by atoms with Crippen LogP contribution in [0.1, 0.15) is 19.5 Å². The first kappa shape index (κ1) is 18.4. The van der Waals surface area contributed by atoms with E-state index in [1.807, 2.05) is 32.0 Å². The van der Waals surface area contributed by atoms with Crippen LogP contribution in [0.25, 0.3) is 0 Å². The van der Waals surface area contributed by atoms with E-state index in [4.69, 9.17) is 0 Å². The summed E-state index contributed by atoms with van der Waals surface area (Å²) in [7, 11) is -1.57. The standard InChI is InChI=1S/C14H25N5O2S/c1-4-19(5-2)22(20,21)11-10-17-14(15-3)18-12-13-8-6-7-9-16-13/h6-9H,4-5,10-12H2,1-3H3,(H2,15,17,18). The molecule has 8 heteroatoms. The van der Waals surface area contributed by atoms with E-state index in [0.717, 1.165) is 5.69 Å². The molecule has 0 bridgehead atoms. The van der Waals surface area contributed by atoms with Crippen LogP contribution < -0.4 is 10.6 Å². The van der Waals surface area contributed by atoms with E-state index in [0.29, 0.717) is 32.1 Å². The maximum absolute atomic E-state index is 12.1. The Morgan fingerprint density at radius 1 is 1.27 bits per heavy atom. The number of aromatic nitrogens is 1. The molecule has 124 valence electrons. The highest BCUT2D eigenvalue weighted by Gasteiger charge is 2.18. The second-order valence-corrected chi connectivity index (χ2v) is 6.66. The molecule has 0 saturated carbocycles. The summed E-state index contributed by atoms with van der Waals surface area (Å²) in [5.41, 5.74) is 0.890. The summed E-state index contributed by atoms with van der Waals surface area (Å²) in [4.78, 5) is 8.27. The van der Waals surface area contributed by atoms with Crippen LogP contribution in [0.3, 0.4) is 0 Å². The van der Waals surface area contributed by atoms with Gasteiger partial charge in [-0.1, -0.05) is 19.9 Å². The molecular weight excluding hydrogens is 302 g/mol. The van der Waals surface area contributed by atoms with Crippen LogP contribution in [0, 0.1) is 0 Å². The molecule has 7 nitrogen and oxygen atoms in total. The lowest BCUT2D eigenvalue weighted by Gasteiger charge is -2.19. The Kier molecular flexibility index (Phi) is 7.83. The van der Waals surface area contributed by atoms with Crippen molar-refractivity contribution in [2.75, 3.05) is 32.4 Å². The zero-order chi connectivity index (χ0) is 16.4. The van der Waals surface area contributed by atoms with Gasteiger partial charge < -0.3 is 10.6 Å². The van der Waals surface area contributed by atoms with Crippen LogP contribution in [0.5, 0.6) is 0 Å². The monoisotopic (exact) mass is 327 g/mol. The van der Waals surface area contributed by atoms with Gasteiger partial charge in [-0.05, 0) is 12.1 Å². The third kappa shape index (κ3) is 5.98. The van der Waals surface area contributed by atoms with Crippen molar-refractivity contribution >= 4 is 16.0 Å². The van der Waals surface area contributed by atoms with Crippen LogP contribution in [-0.2, 0) is 16.6 Å². The summed E-state index contributed by atoms with van der Waals surface area (Å²) in [5, 5.41) is 6.10. The molecule has 0 aromatic carbocycles. The highest BCUT2D eigenvalue weighted by Crippen LogP contribution is 1.99. The summed E-state index contributed by atoms with van der Waals surface area (Å²) in [6.07, 6.45) is 1.73. The lowest BCUT2D eigenvalue weighted by Crippen LogP contribution is -2.41. The van der Waals surface area contributed by atoms with Gasteiger partial charge in [-0.3, -0.25) is 9.98 Å². The fourth-order valence-corrected chi connectivity index (χ4v) is 3.35. The number of aliphatic imine (C=N–C) groups is 1. The van der Waals surface area contributed by atoms with E-state index in [2.05, 4.69) is 20.6 Å². The first-order valence-electron chi connectivity index (χ1n) is 7.35. The molecule has 0 spiro atoms. The third-order valence-electron chi connectivity index (χ3n) is 3.14. The smallest absolute Gasteiger partial charge is 0.215 e. The Morgan fingerprint density at radius 2 is 2.00 bits per heavy atom. The molecule has 0 saturated heterocycles. The Morgan fingerprint density at radius 3 is 2.55 bits per heavy atom. The molecule has 1 aromatic heterocycles. The minimum Gasteiger partial charge on any atom is -0.355 e. The molecule has 0 aliphatic carbocycles. The van der Waals surface area contributed by atoms with E-state index in [-0.39, 0.29) is 5.75 Å². The molecule has 22 heavy (non-hydrogen) atoms. The Labute approximate surface area is 132 Å². The molecule has 2 N–H and O–H groups in total. The molecule has 0 radical (unpaired) electrons. The van der Waals surface area contributed by atoms with Gasteiger partial charge in [-0.2, -0.15) is 0 Å². The van der Waals surface area contributed by atoms with Gasteiger partial charge in [0.25, 0.3) is 0 Å². The number of nitrogens with one attached hydrogen (secondary N) is 2. The number of rotatable bonds is 8. The van der Waals surface area contributed by atoms with E-state index in [1.165, 1.54) is 4.31 Å². The first-order chi connectivity index (χ1) is 10.5. The van der Waals surface area contributed by atoms with Crippen molar-refractivity contribution in [2.45, 2.75) is 20.4 Å². The van der Waals surface area contributed by atoms with E-state index >= 15 is 0 Å². The van der Waals surface area contributed by atoms with Gasteiger partial charge >= 0.3 is 0 Å². The van der Waals surface area contributed by atoms with Crippen LogP contribution in [-0.4, -0.2) is 56.1 Å². The maximum atomic E-state index is 12.1. The molecule has 0 unspecified atom stereocenters. The fourth-order valence-electron chi connectivity index (χ4n) is 1.94. The van der Waals surface area contributed by atoms with Crippen molar-refractivity contribution in [1.82, 2.24) is 19.9 Å². The van der Waals surface area contributed by atoms with Crippen molar-refractivity contribution in [3.05, 3.63) is 30.1 Å². The summed E-state index contributed by atoms with van der Waals surface area (Å²) in [6.45, 7) is 5.49. The number of hydrogen-bond donors (Lipinski definition) is 2. The highest BCUT2D eigenvalue weighted by atomic mass is 32.2. The molecule has 1 rings (SSSR count). The summed E-state index contributed by atoms with van der Waals surface area (Å²) in [6, 6.07) is 5.68. The average Bonchev–Trinajstić information content (AvgIpc) is 2.52. The predicted octanol–water partition coefficient (Wildman–Crippen LogP) is 0.418. The largest absolute Gasteiger partial charge is 0.355 e. The molecule has 0 atom stereocenters. The fraction of sp³-hybridized carbons (Fsp3) is 0.571. The van der Waals surface area contributed by atoms with Gasteiger partial charge in [0.1, 0.15) is 0 Å². The van der Waals surface area contributed by atoms with Crippen LogP contribution in [0.2, 0.25) is 0 Å². The van der Waals surface area contributed by atoms with Crippen molar-refractivity contribution in [1.29, 1.82) is 0 Å². The lowest BCUT2D eigenvalue weighted by molar-refractivity contribution is 0.445. The minimum absolute atomic E-state index is 0.0406. The molecule has 0 aliphatic heterocycles. The van der Waals surface area contributed by atoms with Gasteiger partial charge in [-0.15, -0.1) is 0 Å². The zero-order valence-electron chi connectivity index (χ0n) is 13.4. The van der Waals surface area contributed by atoms with Gasteiger partial charge in [-0.25, -0.2) is 12.7 Å². The summed E-state index contributed by atoms with van der Waals surface area (Å²) >= 11 is 0. The normalized spacial score (nSPS) is 12.5. The number of hydrogen-bond acceptors (Lipinski definition) is 4. The molecule has 0 fully saturated rings. The van der Waals surface area contributed by atoms with E-state index in [9.17, 15) is 8.42 Å². The molecule has 1 heterocycles. The number of sulfonamides is 1. The Balaban J connectivity index is 2.42. The third-order valence-corrected chi connectivity index (χ3v) is 5.16. The minimum atomic E-state index is -3.22. The second-order valence-electron chi connectivity index (χ2n) is 4.57. The van der Waals surface area contributed by atoms with Crippen molar-refractivity contribution < 1.29 is 8.42 Å². The zero-order valence-corrected chi connectivity index (χ0v) is 14.2. The van der Waals surface area contributed by atoms with Gasteiger partial charge in [0.15, 0.2) is 5.96 Å². The first-order valence-corrected chi connectivity index (χ1v) is 8.96. The quantitative estimate of drug-likeness (QED) is 0.534. The van der Waals surface area contributed by atoms with E-state index < -0.39 is 10.0 Å². The van der Waals surface area contributed by atoms with Gasteiger partial charge in [0, 0.05) is 32.9 Å². The van der Waals surface area contributed by atoms with Gasteiger partial charge in [0.05, 0.1) is 18.0 Å². The predicted molar refractivity (Wildman–Crippen MR) is 89.1 cm³/mol. The lowest BCUT2D eigenvalue weighted by atomic mass is 10.3. The van der Waals surface area contributed by atoms with Crippen molar-refractivity contribution in [3.63, 3.8) is 0 Å². The second kappa shape index (κ2) is 9.37. The van der Waals surface area contributed by atoms with Gasteiger partial charge in [0.2, 0.25) is 10.0 Å². The van der Waals surface area contributed by atoms with Crippen LogP contribution in [0.4, 0.5) is 0 Å². The average molecular weight is 327 g/mol. The molecule has 1 aromatic rings. The summed E-state index contributed by atoms with van der Waals surface area (Å²) in [5.74, 6) is 0.597. The molecule has 0 aliphatic rings. The van der Waals surface area contributed by atoms with Crippen LogP contribution in [0.15, 0.2) is 29.4 Å². The Hall–Kier alpha value is -1.67. The molecule has 0 amide bonds. The topological polar surface area (TPSA) is 86.7 Å². The Bertz CT molecular complexity index is 556. The van der Waals surface area contributed by atoms with E-state index in [1.54, 1.807) is 13.2 Å². The maximum Gasteiger partial charge on any atom is 0.215 e. The highest BCUT2D eigenvalue weighted by molar-refractivity contribution is 7.89. The van der Waals surface area contributed by atoms with Crippen LogP contribution >= 0.6 is 0 Å².